The molecule has 6 nitrogen and oxygen atoms in total. The van der Waals surface area contributed by atoms with Crippen LogP contribution in [0.3, 0.4) is 0 Å². The molecule has 2 N–H and O–H groups in total. The summed E-state index contributed by atoms with van der Waals surface area (Å²) in [5, 5.41) is 8.57. The first kappa shape index (κ1) is 16.5. The number of amides is 1. The van der Waals surface area contributed by atoms with Crippen LogP contribution in [0.15, 0.2) is 30.6 Å². The van der Waals surface area contributed by atoms with Gasteiger partial charge in [-0.15, -0.1) is 10.2 Å². The van der Waals surface area contributed by atoms with Gasteiger partial charge in [-0.1, -0.05) is 23.7 Å². The summed E-state index contributed by atoms with van der Waals surface area (Å²) in [4.78, 5) is 14.7. The van der Waals surface area contributed by atoms with E-state index in [9.17, 15) is 4.79 Å². The Hall–Kier alpha value is -1.92. The normalized spacial score (nSPS) is 26.6. The van der Waals surface area contributed by atoms with Crippen LogP contribution in [-0.4, -0.2) is 44.7 Å². The van der Waals surface area contributed by atoms with E-state index in [1.54, 1.807) is 6.33 Å². The van der Waals surface area contributed by atoms with E-state index >= 15 is 0 Å². The minimum atomic E-state index is -0.0414. The van der Waals surface area contributed by atoms with E-state index in [0.29, 0.717) is 12.4 Å². The first-order valence-corrected chi connectivity index (χ1v) is 9.16. The first-order chi connectivity index (χ1) is 12.1. The van der Waals surface area contributed by atoms with Crippen LogP contribution < -0.4 is 5.73 Å². The van der Waals surface area contributed by atoms with E-state index in [0.717, 1.165) is 43.8 Å². The maximum atomic E-state index is 12.7. The Morgan fingerprint density at radius 3 is 2.80 bits per heavy atom. The molecule has 2 heterocycles. The molecule has 25 heavy (non-hydrogen) atoms. The van der Waals surface area contributed by atoms with Crippen molar-refractivity contribution in [3.8, 4) is 0 Å². The molecule has 1 aliphatic heterocycles. The Labute approximate surface area is 152 Å². The highest BCUT2D eigenvalue weighted by atomic mass is 35.5. The van der Waals surface area contributed by atoms with Crippen molar-refractivity contribution in [2.75, 3.05) is 13.1 Å². The molecule has 2 aliphatic rings. The van der Waals surface area contributed by atoms with Gasteiger partial charge in [-0.25, -0.2) is 0 Å². The monoisotopic (exact) mass is 359 g/mol. The number of fused-ring (bicyclic) bond motifs is 1. The third-order valence-corrected chi connectivity index (χ3v) is 6.07. The van der Waals surface area contributed by atoms with Gasteiger partial charge in [0.1, 0.15) is 6.33 Å². The van der Waals surface area contributed by atoms with E-state index < -0.39 is 0 Å². The molecule has 0 bridgehead atoms. The Balaban J connectivity index is 1.50. The van der Waals surface area contributed by atoms with Crippen LogP contribution in [0, 0.1) is 0 Å². The summed E-state index contributed by atoms with van der Waals surface area (Å²) in [6.45, 7) is 2.09. The second-order valence-corrected chi connectivity index (χ2v) is 7.51. The van der Waals surface area contributed by atoms with Gasteiger partial charge in [0.15, 0.2) is 0 Å². The van der Waals surface area contributed by atoms with E-state index in [1.807, 2.05) is 27.7 Å². The lowest BCUT2D eigenvalue weighted by molar-refractivity contribution is 0.0522. The number of halogens is 1. The molecule has 1 aromatic carbocycles. The Bertz CT molecular complexity index is 781. The van der Waals surface area contributed by atoms with Gasteiger partial charge in [-0.05, 0) is 43.4 Å². The zero-order valence-electron chi connectivity index (χ0n) is 14.1. The third-order valence-electron chi connectivity index (χ3n) is 5.83. The quantitative estimate of drug-likeness (QED) is 0.911. The van der Waals surface area contributed by atoms with Crippen molar-refractivity contribution in [3.63, 3.8) is 0 Å². The molecule has 1 fully saturated rings. The predicted molar refractivity (Wildman–Crippen MR) is 95.5 cm³/mol. The lowest BCUT2D eigenvalue weighted by Gasteiger charge is -2.44. The van der Waals surface area contributed by atoms with E-state index in [1.165, 1.54) is 5.56 Å². The molecule has 0 spiro atoms. The molecule has 0 radical (unpaired) electrons. The van der Waals surface area contributed by atoms with Gasteiger partial charge < -0.3 is 15.2 Å². The summed E-state index contributed by atoms with van der Waals surface area (Å²) >= 11 is 6.18. The lowest BCUT2D eigenvalue weighted by Crippen LogP contribution is -2.50. The molecule has 1 saturated carbocycles. The number of nitrogens with zero attached hydrogens (tertiary/aromatic N) is 4. The maximum Gasteiger partial charge on any atom is 0.292 e. The van der Waals surface area contributed by atoms with Crippen LogP contribution >= 0.6 is 11.6 Å². The molecular formula is C18H22ClN5O. The number of hydrogen-bond donors (Lipinski definition) is 1. The fourth-order valence-electron chi connectivity index (χ4n) is 4.27. The highest BCUT2D eigenvalue weighted by Crippen LogP contribution is 2.41. The van der Waals surface area contributed by atoms with Crippen molar-refractivity contribution in [3.05, 3.63) is 47.0 Å². The highest BCUT2D eigenvalue weighted by molar-refractivity contribution is 6.30. The zero-order chi connectivity index (χ0) is 17.4. The first-order valence-electron chi connectivity index (χ1n) is 8.78. The standard InChI is InChI=1S/C18H22ClN5O/c19-14-3-1-2-13(10-14)18(11-20)6-4-15(5-7-18)24-9-8-23-12-21-22-16(23)17(24)25/h1-3,10,12,15H,4-9,11,20H2. The van der Waals surface area contributed by atoms with Crippen LogP contribution in [0.5, 0.6) is 0 Å². The molecule has 2 aromatic rings. The van der Waals surface area contributed by atoms with Gasteiger partial charge in [-0.2, -0.15) is 0 Å². The summed E-state index contributed by atoms with van der Waals surface area (Å²) in [6.07, 6.45) is 5.45. The molecule has 1 aromatic heterocycles. The highest BCUT2D eigenvalue weighted by Gasteiger charge is 2.40. The molecular weight excluding hydrogens is 338 g/mol. The van der Waals surface area contributed by atoms with Crippen molar-refractivity contribution < 1.29 is 4.79 Å². The molecule has 1 amide bonds. The minimum Gasteiger partial charge on any atom is -0.331 e. The molecule has 1 aliphatic carbocycles. The summed E-state index contributed by atoms with van der Waals surface area (Å²) in [6, 6.07) is 8.28. The second-order valence-electron chi connectivity index (χ2n) is 7.07. The number of benzene rings is 1. The van der Waals surface area contributed by atoms with Crippen molar-refractivity contribution in [2.24, 2.45) is 5.73 Å². The number of carbonyl (C=O) groups is 1. The summed E-state index contributed by atoms with van der Waals surface area (Å²) in [5.41, 5.74) is 7.35. The van der Waals surface area contributed by atoms with E-state index in [-0.39, 0.29) is 17.4 Å². The largest absolute Gasteiger partial charge is 0.331 e. The third kappa shape index (κ3) is 2.83. The zero-order valence-corrected chi connectivity index (χ0v) is 14.8. The number of aromatic nitrogens is 3. The van der Waals surface area contributed by atoms with Gasteiger partial charge in [0.2, 0.25) is 5.82 Å². The average molecular weight is 360 g/mol. The SMILES string of the molecule is NCC1(c2cccc(Cl)c2)CCC(N2CCn3cnnc3C2=O)CC1. The lowest BCUT2D eigenvalue weighted by atomic mass is 9.68. The fourth-order valence-corrected chi connectivity index (χ4v) is 4.46. The Morgan fingerprint density at radius 2 is 2.08 bits per heavy atom. The van der Waals surface area contributed by atoms with Crippen molar-refractivity contribution in [1.29, 1.82) is 0 Å². The van der Waals surface area contributed by atoms with Gasteiger partial charge in [0, 0.05) is 36.1 Å². The van der Waals surface area contributed by atoms with Crippen molar-refractivity contribution in [1.82, 2.24) is 19.7 Å². The molecule has 0 atom stereocenters. The Kier molecular flexibility index (Phi) is 4.25. The van der Waals surface area contributed by atoms with Gasteiger partial charge in [0.25, 0.3) is 5.91 Å². The number of rotatable bonds is 3. The summed E-state index contributed by atoms with van der Waals surface area (Å²) in [7, 11) is 0. The second kappa shape index (κ2) is 6.42. The van der Waals surface area contributed by atoms with Crippen LogP contribution in [0.25, 0.3) is 0 Å². The van der Waals surface area contributed by atoms with Crippen LogP contribution in [-0.2, 0) is 12.0 Å². The maximum absolute atomic E-state index is 12.7. The molecule has 0 saturated heterocycles. The topological polar surface area (TPSA) is 77.0 Å². The average Bonchev–Trinajstić information content (AvgIpc) is 3.12. The fraction of sp³-hybridized carbons (Fsp3) is 0.500. The minimum absolute atomic E-state index is 0.00301. The van der Waals surface area contributed by atoms with Crippen molar-refractivity contribution in [2.45, 2.75) is 43.7 Å². The summed E-state index contributed by atoms with van der Waals surface area (Å²) in [5.74, 6) is 0.452. The molecule has 4 rings (SSSR count). The molecule has 132 valence electrons. The number of hydrogen-bond acceptors (Lipinski definition) is 4. The van der Waals surface area contributed by atoms with Crippen molar-refractivity contribution >= 4 is 17.5 Å². The van der Waals surface area contributed by atoms with E-state index in [2.05, 4.69) is 16.3 Å². The summed E-state index contributed by atoms with van der Waals surface area (Å²) < 4.78 is 1.83. The molecule has 0 unspecified atom stereocenters. The van der Waals surface area contributed by atoms with Crippen LogP contribution in [0.2, 0.25) is 5.02 Å². The number of carbonyl (C=O) groups excluding carboxylic acids is 1. The number of nitrogens with two attached hydrogens (primary N) is 1. The van der Waals surface area contributed by atoms with Crippen LogP contribution in [0.1, 0.15) is 41.9 Å². The smallest absolute Gasteiger partial charge is 0.292 e. The predicted octanol–water partition coefficient (Wildman–Crippen LogP) is 2.23. The Morgan fingerprint density at radius 1 is 1.28 bits per heavy atom. The molecule has 7 heteroatoms. The van der Waals surface area contributed by atoms with Gasteiger partial charge in [-0.3, -0.25) is 4.79 Å². The van der Waals surface area contributed by atoms with Crippen LogP contribution in [0.4, 0.5) is 0 Å². The van der Waals surface area contributed by atoms with Gasteiger partial charge in [0.05, 0.1) is 0 Å². The van der Waals surface area contributed by atoms with Gasteiger partial charge >= 0.3 is 0 Å². The van der Waals surface area contributed by atoms with E-state index in [4.69, 9.17) is 17.3 Å².